The molecule has 1 saturated carbocycles. The van der Waals surface area contributed by atoms with Crippen molar-refractivity contribution in [1.82, 2.24) is 5.32 Å². The minimum Gasteiger partial charge on any atom is -0.351 e. The van der Waals surface area contributed by atoms with E-state index in [4.69, 9.17) is 0 Å². The Kier molecular flexibility index (Phi) is 2.69. The van der Waals surface area contributed by atoms with Crippen LogP contribution in [0.2, 0.25) is 0 Å². The molecular formula is C9H10BrNOS. The minimum absolute atomic E-state index is 0.213. The fourth-order valence-corrected chi connectivity index (χ4v) is 2.50. The fraction of sp³-hybridized carbons (Fsp3) is 0.444. The fourth-order valence-electron chi connectivity index (χ4n) is 1.11. The zero-order valence-corrected chi connectivity index (χ0v) is 9.45. The Bertz CT molecular complexity index is 319. The monoisotopic (exact) mass is 259 g/mol. The normalized spacial score (nSPS) is 15.8. The number of hydrogen-bond acceptors (Lipinski definition) is 2. The van der Waals surface area contributed by atoms with Crippen molar-refractivity contribution in [2.75, 3.05) is 0 Å². The maximum absolute atomic E-state index is 11.3. The van der Waals surface area contributed by atoms with Crippen LogP contribution in [0.5, 0.6) is 0 Å². The van der Waals surface area contributed by atoms with Crippen LogP contribution in [-0.2, 0) is 11.3 Å². The highest BCUT2D eigenvalue weighted by atomic mass is 79.9. The summed E-state index contributed by atoms with van der Waals surface area (Å²) in [4.78, 5) is 12.5. The van der Waals surface area contributed by atoms with Crippen LogP contribution >= 0.6 is 27.3 Å². The van der Waals surface area contributed by atoms with Gasteiger partial charge in [0.05, 0.1) is 6.54 Å². The second kappa shape index (κ2) is 3.80. The molecule has 13 heavy (non-hydrogen) atoms. The van der Waals surface area contributed by atoms with Crippen LogP contribution in [-0.4, -0.2) is 5.91 Å². The highest BCUT2D eigenvalue weighted by Crippen LogP contribution is 2.29. The first-order valence-corrected chi connectivity index (χ1v) is 5.93. The molecule has 0 aliphatic heterocycles. The molecule has 1 heterocycles. The molecule has 2 rings (SSSR count). The van der Waals surface area contributed by atoms with Gasteiger partial charge in [-0.1, -0.05) is 0 Å². The van der Waals surface area contributed by atoms with Crippen LogP contribution in [0.15, 0.2) is 15.9 Å². The van der Waals surface area contributed by atoms with Gasteiger partial charge in [0.15, 0.2) is 0 Å². The number of thiophene rings is 1. The summed E-state index contributed by atoms with van der Waals surface area (Å²) in [5.74, 6) is 0.521. The lowest BCUT2D eigenvalue weighted by Crippen LogP contribution is -2.23. The summed E-state index contributed by atoms with van der Waals surface area (Å²) in [6.45, 7) is 0.672. The highest BCUT2D eigenvalue weighted by Gasteiger charge is 2.29. The van der Waals surface area contributed by atoms with Crippen molar-refractivity contribution in [3.05, 3.63) is 20.8 Å². The molecule has 0 spiro atoms. The van der Waals surface area contributed by atoms with Crippen LogP contribution in [0.1, 0.15) is 17.7 Å². The molecule has 0 unspecified atom stereocenters. The Hall–Kier alpha value is -0.350. The lowest BCUT2D eigenvalue weighted by Gasteiger charge is -2.00. The van der Waals surface area contributed by atoms with Gasteiger partial charge < -0.3 is 5.32 Å². The maximum Gasteiger partial charge on any atom is 0.223 e. The van der Waals surface area contributed by atoms with Gasteiger partial charge in [-0.25, -0.2) is 0 Å². The van der Waals surface area contributed by atoms with Gasteiger partial charge in [-0.15, -0.1) is 11.3 Å². The Labute approximate surface area is 89.5 Å². The van der Waals surface area contributed by atoms with Gasteiger partial charge in [0.2, 0.25) is 5.91 Å². The second-order valence-corrected chi connectivity index (χ2v) is 5.13. The Morgan fingerprint density at radius 1 is 1.69 bits per heavy atom. The van der Waals surface area contributed by atoms with E-state index in [0.717, 1.165) is 17.3 Å². The van der Waals surface area contributed by atoms with Crippen molar-refractivity contribution in [3.8, 4) is 0 Å². The van der Waals surface area contributed by atoms with E-state index in [1.54, 1.807) is 11.3 Å². The Balaban J connectivity index is 1.81. The van der Waals surface area contributed by atoms with Crippen molar-refractivity contribution >= 4 is 33.2 Å². The third-order valence-electron chi connectivity index (χ3n) is 2.01. The van der Waals surface area contributed by atoms with Crippen molar-refractivity contribution in [2.45, 2.75) is 19.4 Å². The van der Waals surface area contributed by atoms with E-state index in [1.807, 2.05) is 11.4 Å². The van der Waals surface area contributed by atoms with E-state index in [9.17, 15) is 4.79 Å². The number of halogens is 1. The summed E-state index contributed by atoms with van der Waals surface area (Å²) in [6.07, 6.45) is 2.14. The molecule has 2 nitrogen and oxygen atoms in total. The predicted molar refractivity (Wildman–Crippen MR) is 56.6 cm³/mol. The van der Waals surface area contributed by atoms with Crippen molar-refractivity contribution in [2.24, 2.45) is 5.92 Å². The van der Waals surface area contributed by atoms with E-state index in [2.05, 4.69) is 21.2 Å². The van der Waals surface area contributed by atoms with Crippen LogP contribution in [0.3, 0.4) is 0 Å². The van der Waals surface area contributed by atoms with Crippen molar-refractivity contribution in [3.63, 3.8) is 0 Å². The number of amides is 1. The summed E-state index contributed by atoms with van der Waals surface area (Å²) in [5.41, 5.74) is 0. The minimum atomic E-state index is 0.213. The van der Waals surface area contributed by atoms with Crippen LogP contribution < -0.4 is 5.32 Å². The average Bonchev–Trinajstić information content (AvgIpc) is 2.87. The topological polar surface area (TPSA) is 29.1 Å². The molecule has 1 aliphatic carbocycles. The van der Waals surface area contributed by atoms with Crippen molar-refractivity contribution < 1.29 is 4.79 Å². The average molecular weight is 260 g/mol. The van der Waals surface area contributed by atoms with E-state index in [0.29, 0.717) is 12.5 Å². The van der Waals surface area contributed by atoms with Gasteiger partial charge in [0, 0.05) is 20.6 Å². The number of rotatable bonds is 3. The third-order valence-corrected chi connectivity index (χ3v) is 3.70. The zero-order chi connectivity index (χ0) is 9.26. The summed E-state index contributed by atoms with van der Waals surface area (Å²) >= 11 is 5.04. The van der Waals surface area contributed by atoms with Crippen LogP contribution in [0.4, 0.5) is 0 Å². The zero-order valence-electron chi connectivity index (χ0n) is 7.05. The van der Waals surface area contributed by atoms with Crippen LogP contribution in [0.25, 0.3) is 0 Å². The molecule has 1 amide bonds. The first-order chi connectivity index (χ1) is 6.25. The lowest BCUT2D eigenvalue weighted by atomic mass is 10.4. The van der Waals surface area contributed by atoms with Gasteiger partial charge in [0.1, 0.15) is 0 Å². The van der Waals surface area contributed by atoms with Gasteiger partial charge in [-0.2, -0.15) is 0 Å². The standard InChI is InChI=1S/C9H10BrNOS/c10-7-3-8(13-5-7)4-11-9(12)6-1-2-6/h3,5-6H,1-2,4H2,(H,11,12). The molecule has 1 aromatic rings. The second-order valence-electron chi connectivity index (χ2n) is 3.22. The quantitative estimate of drug-likeness (QED) is 0.889. The molecule has 0 aromatic carbocycles. The summed E-state index contributed by atoms with van der Waals surface area (Å²) in [7, 11) is 0. The number of carbonyl (C=O) groups excluding carboxylic acids is 1. The number of hydrogen-bond donors (Lipinski definition) is 1. The molecule has 0 saturated heterocycles. The van der Waals surface area contributed by atoms with Gasteiger partial charge in [0.25, 0.3) is 0 Å². The summed E-state index contributed by atoms with van der Waals surface area (Å²) in [5, 5.41) is 4.95. The molecule has 4 heteroatoms. The molecule has 1 aromatic heterocycles. The third kappa shape index (κ3) is 2.54. The van der Waals surface area contributed by atoms with Gasteiger partial charge in [-0.3, -0.25) is 4.79 Å². The molecule has 1 fully saturated rings. The van der Waals surface area contributed by atoms with E-state index < -0.39 is 0 Å². The molecule has 0 bridgehead atoms. The molecular weight excluding hydrogens is 250 g/mol. The predicted octanol–water partition coefficient (Wildman–Crippen LogP) is 2.54. The molecule has 0 atom stereocenters. The van der Waals surface area contributed by atoms with E-state index in [-0.39, 0.29) is 5.91 Å². The first-order valence-electron chi connectivity index (χ1n) is 4.26. The Morgan fingerprint density at radius 3 is 3.00 bits per heavy atom. The number of nitrogens with one attached hydrogen (secondary N) is 1. The van der Waals surface area contributed by atoms with Gasteiger partial charge >= 0.3 is 0 Å². The maximum atomic E-state index is 11.3. The highest BCUT2D eigenvalue weighted by molar-refractivity contribution is 9.10. The molecule has 70 valence electrons. The summed E-state index contributed by atoms with van der Waals surface area (Å²) < 4.78 is 1.09. The van der Waals surface area contributed by atoms with Crippen molar-refractivity contribution in [1.29, 1.82) is 0 Å². The summed E-state index contributed by atoms with van der Waals surface area (Å²) in [6, 6.07) is 2.04. The molecule has 0 radical (unpaired) electrons. The first kappa shape index (κ1) is 9.21. The smallest absolute Gasteiger partial charge is 0.223 e. The van der Waals surface area contributed by atoms with E-state index in [1.165, 1.54) is 4.88 Å². The van der Waals surface area contributed by atoms with E-state index >= 15 is 0 Å². The largest absolute Gasteiger partial charge is 0.351 e. The lowest BCUT2D eigenvalue weighted by molar-refractivity contribution is -0.122. The Morgan fingerprint density at radius 2 is 2.46 bits per heavy atom. The molecule has 1 aliphatic rings. The SMILES string of the molecule is O=C(NCc1cc(Br)cs1)C1CC1. The number of carbonyl (C=O) groups is 1. The van der Waals surface area contributed by atoms with Crippen LogP contribution in [0, 0.1) is 5.92 Å². The molecule has 1 N–H and O–H groups in total. The van der Waals surface area contributed by atoms with Gasteiger partial charge in [-0.05, 0) is 34.8 Å².